The standard InChI is InChI=1S/C17H28ClNO.ClH/c1-6-19(7-2)12-13-20-16(17(3,4)5)14-8-10-15(18)11-9-14;/h8-11,16H,6-7,12-13H2,1-5H3;1H. The summed E-state index contributed by atoms with van der Waals surface area (Å²) in [5.41, 5.74) is 1.26. The lowest BCUT2D eigenvalue weighted by Gasteiger charge is -2.32. The Morgan fingerprint density at radius 3 is 2.05 bits per heavy atom. The number of hydrogen-bond donors (Lipinski definition) is 0. The number of halogens is 2. The van der Waals surface area contributed by atoms with Crippen LogP contribution in [0.3, 0.4) is 0 Å². The van der Waals surface area contributed by atoms with Crippen molar-refractivity contribution in [1.82, 2.24) is 4.90 Å². The van der Waals surface area contributed by atoms with Gasteiger partial charge in [0.05, 0.1) is 12.7 Å². The lowest BCUT2D eigenvalue weighted by atomic mass is 9.84. The number of nitrogens with zero attached hydrogens (tertiary/aromatic N) is 1. The number of ether oxygens (including phenoxy) is 1. The average Bonchev–Trinajstić information content (AvgIpc) is 2.39. The summed E-state index contributed by atoms with van der Waals surface area (Å²) in [6.07, 6.45) is 0.0929. The Balaban J connectivity index is 0.00000400. The van der Waals surface area contributed by atoms with E-state index in [1.807, 2.05) is 12.1 Å². The highest BCUT2D eigenvalue weighted by Crippen LogP contribution is 2.36. The highest BCUT2D eigenvalue weighted by molar-refractivity contribution is 6.30. The molecule has 1 atom stereocenters. The van der Waals surface area contributed by atoms with Gasteiger partial charge in [0.15, 0.2) is 0 Å². The summed E-state index contributed by atoms with van der Waals surface area (Å²) in [7, 11) is 0. The molecule has 1 unspecified atom stereocenters. The Morgan fingerprint density at radius 2 is 1.62 bits per heavy atom. The second-order valence-corrected chi connectivity index (χ2v) is 6.63. The smallest absolute Gasteiger partial charge is 0.0873 e. The zero-order valence-corrected chi connectivity index (χ0v) is 15.4. The zero-order chi connectivity index (χ0) is 15.2. The summed E-state index contributed by atoms with van der Waals surface area (Å²) in [6, 6.07) is 8.00. The predicted octanol–water partition coefficient (Wildman–Crippen LogP) is 5.21. The Labute approximate surface area is 141 Å². The van der Waals surface area contributed by atoms with Crippen LogP contribution in [0, 0.1) is 5.41 Å². The highest BCUT2D eigenvalue weighted by atomic mass is 35.5. The number of benzene rings is 1. The van der Waals surface area contributed by atoms with E-state index in [1.54, 1.807) is 0 Å². The maximum Gasteiger partial charge on any atom is 0.0873 e. The van der Waals surface area contributed by atoms with E-state index in [9.17, 15) is 0 Å². The Hall–Kier alpha value is -0.280. The molecule has 4 heteroatoms. The predicted molar refractivity (Wildman–Crippen MR) is 94.6 cm³/mol. The number of rotatable bonds is 7. The SMILES string of the molecule is CCN(CC)CCOC(c1ccc(Cl)cc1)C(C)(C)C.Cl. The van der Waals surface area contributed by atoms with Crippen molar-refractivity contribution >= 4 is 24.0 Å². The minimum absolute atomic E-state index is 0. The van der Waals surface area contributed by atoms with Crippen molar-refractivity contribution < 1.29 is 4.74 Å². The molecule has 0 saturated heterocycles. The fraction of sp³-hybridized carbons (Fsp3) is 0.647. The topological polar surface area (TPSA) is 12.5 Å². The molecule has 0 radical (unpaired) electrons. The van der Waals surface area contributed by atoms with Gasteiger partial charge < -0.3 is 9.64 Å². The third-order valence-corrected chi connectivity index (χ3v) is 3.80. The van der Waals surface area contributed by atoms with Crippen molar-refractivity contribution in [2.24, 2.45) is 5.41 Å². The molecule has 2 nitrogen and oxygen atoms in total. The van der Waals surface area contributed by atoms with E-state index in [4.69, 9.17) is 16.3 Å². The molecule has 0 fully saturated rings. The highest BCUT2D eigenvalue weighted by Gasteiger charge is 2.27. The first-order valence-corrected chi connectivity index (χ1v) is 7.85. The minimum Gasteiger partial charge on any atom is -0.372 e. The van der Waals surface area contributed by atoms with Gasteiger partial charge in [-0.25, -0.2) is 0 Å². The molecule has 0 aliphatic heterocycles. The van der Waals surface area contributed by atoms with Crippen LogP contribution < -0.4 is 0 Å². The van der Waals surface area contributed by atoms with E-state index in [-0.39, 0.29) is 23.9 Å². The summed E-state index contributed by atoms with van der Waals surface area (Å²) in [5.74, 6) is 0. The second-order valence-electron chi connectivity index (χ2n) is 6.20. The largest absolute Gasteiger partial charge is 0.372 e. The Kier molecular flexibility index (Phi) is 9.55. The van der Waals surface area contributed by atoms with Gasteiger partial charge >= 0.3 is 0 Å². The van der Waals surface area contributed by atoms with Gasteiger partial charge in [0, 0.05) is 11.6 Å². The minimum atomic E-state index is 0. The first-order valence-electron chi connectivity index (χ1n) is 7.47. The molecule has 0 saturated carbocycles. The molecular formula is C17H29Cl2NO. The first-order chi connectivity index (χ1) is 9.38. The number of hydrogen-bond acceptors (Lipinski definition) is 2. The molecule has 0 bridgehead atoms. The molecule has 122 valence electrons. The maximum atomic E-state index is 6.18. The van der Waals surface area contributed by atoms with E-state index in [0.29, 0.717) is 0 Å². The van der Waals surface area contributed by atoms with Crippen LogP contribution in [0.1, 0.15) is 46.3 Å². The summed E-state index contributed by atoms with van der Waals surface area (Å²) >= 11 is 5.97. The molecule has 0 aliphatic rings. The van der Waals surface area contributed by atoms with E-state index in [0.717, 1.165) is 31.3 Å². The maximum absolute atomic E-state index is 6.18. The molecule has 0 aromatic heterocycles. The van der Waals surface area contributed by atoms with E-state index < -0.39 is 0 Å². The lowest BCUT2D eigenvalue weighted by molar-refractivity contribution is -0.0272. The quantitative estimate of drug-likeness (QED) is 0.679. The Bertz CT molecular complexity index is 383. The molecule has 1 aromatic carbocycles. The summed E-state index contributed by atoms with van der Waals surface area (Å²) < 4.78 is 6.18. The van der Waals surface area contributed by atoms with Gasteiger partial charge in [-0.2, -0.15) is 0 Å². The molecule has 1 rings (SSSR count). The van der Waals surface area contributed by atoms with Crippen LogP contribution in [0.25, 0.3) is 0 Å². The van der Waals surface area contributed by atoms with Crippen LogP contribution in [0.5, 0.6) is 0 Å². The molecule has 0 spiro atoms. The van der Waals surface area contributed by atoms with Gasteiger partial charge in [-0.1, -0.05) is 58.4 Å². The van der Waals surface area contributed by atoms with Crippen molar-refractivity contribution in [2.45, 2.75) is 40.7 Å². The van der Waals surface area contributed by atoms with E-state index in [2.05, 4.69) is 51.7 Å². The normalized spacial score (nSPS) is 13.1. The monoisotopic (exact) mass is 333 g/mol. The fourth-order valence-electron chi connectivity index (χ4n) is 2.32. The molecule has 0 heterocycles. The van der Waals surface area contributed by atoms with Crippen molar-refractivity contribution in [1.29, 1.82) is 0 Å². The van der Waals surface area contributed by atoms with Crippen molar-refractivity contribution in [3.05, 3.63) is 34.9 Å². The summed E-state index contributed by atoms with van der Waals surface area (Å²) in [4.78, 5) is 2.38. The van der Waals surface area contributed by atoms with Gasteiger partial charge in [-0.3, -0.25) is 0 Å². The van der Waals surface area contributed by atoms with Gasteiger partial charge in [0.2, 0.25) is 0 Å². The average molecular weight is 334 g/mol. The summed E-state index contributed by atoms with van der Waals surface area (Å²) in [5, 5.41) is 0.768. The van der Waals surface area contributed by atoms with E-state index in [1.165, 1.54) is 5.56 Å². The number of likely N-dealkylation sites (N-methyl/N-ethyl adjacent to an activating group) is 1. The van der Waals surface area contributed by atoms with Crippen molar-refractivity contribution in [3.63, 3.8) is 0 Å². The van der Waals surface area contributed by atoms with Crippen LogP contribution >= 0.6 is 24.0 Å². The zero-order valence-electron chi connectivity index (χ0n) is 13.9. The van der Waals surface area contributed by atoms with Crippen LogP contribution in [-0.2, 0) is 4.74 Å². The third-order valence-electron chi connectivity index (χ3n) is 3.55. The lowest BCUT2D eigenvalue weighted by Crippen LogP contribution is -2.29. The second kappa shape index (κ2) is 9.68. The van der Waals surface area contributed by atoms with Crippen LogP contribution in [0.4, 0.5) is 0 Å². The van der Waals surface area contributed by atoms with Crippen molar-refractivity contribution in [3.8, 4) is 0 Å². The van der Waals surface area contributed by atoms with Gasteiger partial charge in [-0.15, -0.1) is 12.4 Å². The molecule has 0 aliphatic carbocycles. The molecule has 0 amide bonds. The van der Waals surface area contributed by atoms with Crippen LogP contribution in [0.15, 0.2) is 24.3 Å². The van der Waals surface area contributed by atoms with Crippen LogP contribution in [0.2, 0.25) is 5.02 Å². The van der Waals surface area contributed by atoms with Gasteiger partial charge in [0.1, 0.15) is 0 Å². The van der Waals surface area contributed by atoms with Gasteiger partial charge in [-0.05, 0) is 36.2 Å². The molecule has 21 heavy (non-hydrogen) atoms. The fourth-order valence-corrected chi connectivity index (χ4v) is 2.45. The Morgan fingerprint density at radius 1 is 1.10 bits per heavy atom. The van der Waals surface area contributed by atoms with Crippen LogP contribution in [-0.4, -0.2) is 31.1 Å². The third kappa shape index (κ3) is 7.01. The molecule has 1 aromatic rings. The molecule has 0 N–H and O–H groups in total. The van der Waals surface area contributed by atoms with Gasteiger partial charge in [0.25, 0.3) is 0 Å². The summed E-state index contributed by atoms with van der Waals surface area (Å²) in [6.45, 7) is 14.9. The van der Waals surface area contributed by atoms with E-state index >= 15 is 0 Å². The first kappa shape index (κ1) is 20.7. The van der Waals surface area contributed by atoms with Crippen molar-refractivity contribution in [2.75, 3.05) is 26.2 Å². The molecular weight excluding hydrogens is 305 g/mol.